The van der Waals surface area contributed by atoms with E-state index < -0.39 is 21.5 Å². The Morgan fingerprint density at radius 2 is 1.93 bits per heavy atom. The largest absolute Gasteiger partial charge is 0.496 e. The molecule has 2 aromatic carbocycles. The van der Waals surface area contributed by atoms with E-state index >= 15 is 0 Å². The molecule has 1 amide bonds. The summed E-state index contributed by atoms with van der Waals surface area (Å²) in [6.07, 6.45) is 0. The van der Waals surface area contributed by atoms with Gasteiger partial charge in [-0.2, -0.15) is 0 Å². The smallest absolute Gasteiger partial charge is 0.241 e. The standard InChI is InChI=1S/C20H20N2O4S2/c1-14-10-16(8-9-18(14)26-2)17-11-27-20(21-17)22-19(23)13-28(24,25)12-15-6-4-3-5-7-15/h3-11H,12-13H2,1-2H3,(H,21,22,23). The molecule has 0 aliphatic carbocycles. The van der Waals surface area contributed by atoms with Crippen molar-refractivity contribution >= 4 is 32.2 Å². The van der Waals surface area contributed by atoms with E-state index in [9.17, 15) is 13.2 Å². The van der Waals surface area contributed by atoms with Gasteiger partial charge < -0.3 is 10.1 Å². The Hall–Kier alpha value is -2.71. The van der Waals surface area contributed by atoms with Crippen LogP contribution in [0.4, 0.5) is 5.13 Å². The predicted octanol–water partition coefficient (Wildman–Crippen LogP) is 3.68. The molecule has 3 aromatic rings. The van der Waals surface area contributed by atoms with E-state index in [-0.39, 0.29) is 5.75 Å². The molecule has 0 unspecified atom stereocenters. The van der Waals surface area contributed by atoms with Crippen LogP contribution in [0, 0.1) is 6.92 Å². The molecule has 0 aliphatic rings. The minimum Gasteiger partial charge on any atom is -0.496 e. The number of thiazole rings is 1. The van der Waals surface area contributed by atoms with Crippen LogP contribution in [-0.2, 0) is 20.4 Å². The molecule has 1 aromatic heterocycles. The van der Waals surface area contributed by atoms with Gasteiger partial charge in [-0.3, -0.25) is 4.79 Å². The molecule has 6 nitrogen and oxygen atoms in total. The third-order valence-corrected chi connectivity index (χ3v) is 6.25. The Labute approximate surface area is 168 Å². The zero-order chi connectivity index (χ0) is 20.1. The number of benzene rings is 2. The van der Waals surface area contributed by atoms with Crippen molar-refractivity contribution < 1.29 is 17.9 Å². The van der Waals surface area contributed by atoms with Crippen LogP contribution in [-0.4, -0.2) is 32.2 Å². The number of nitrogens with one attached hydrogen (secondary N) is 1. The van der Waals surface area contributed by atoms with Gasteiger partial charge in [-0.1, -0.05) is 30.3 Å². The fourth-order valence-corrected chi connectivity index (χ4v) is 4.75. The van der Waals surface area contributed by atoms with Gasteiger partial charge in [-0.25, -0.2) is 13.4 Å². The van der Waals surface area contributed by atoms with Gasteiger partial charge in [0, 0.05) is 10.9 Å². The molecule has 0 saturated carbocycles. The maximum Gasteiger partial charge on any atom is 0.241 e. The SMILES string of the molecule is COc1ccc(-c2csc(NC(=O)CS(=O)(=O)Cc3ccccc3)n2)cc1C. The van der Waals surface area contributed by atoms with E-state index in [1.807, 2.05) is 36.6 Å². The summed E-state index contributed by atoms with van der Waals surface area (Å²) in [6.45, 7) is 1.94. The molecule has 8 heteroatoms. The topological polar surface area (TPSA) is 85.4 Å². The molecule has 0 saturated heterocycles. The average Bonchev–Trinajstić information content (AvgIpc) is 3.09. The summed E-state index contributed by atoms with van der Waals surface area (Å²) in [5, 5.41) is 4.75. The summed E-state index contributed by atoms with van der Waals surface area (Å²) < 4.78 is 29.7. The lowest BCUT2D eigenvalue weighted by molar-refractivity contribution is -0.113. The third kappa shape index (κ3) is 5.17. The lowest BCUT2D eigenvalue weighted by Crippen LogP contribution is -2.23. The second-order valence-corrected chi connectivity index (χ2v) is 9.21. The van der Waals surface area contributed by atoms with E-state index in [2.05, 4.69) is 10.3 Å². The molecule has 28 heavy (non-hydrogen) atoms. The van der Waals surface area contributed by atoms with Crippen molar-refractivity contribution in [3.05, 3.63) is 65.0 Å². The van der Waals surface area contributed by atoms with Crippen molar-refractivity contribution in [3.63, 3.8) is 0 Å². The average molecular weight is 417 g/mol. The highest BCUT2D eigenvalue weighted by Gasteiger charge is 2.18. The van der Waals surface area contributed by atoms with E-state index in [1.54, 1.807) is 31.4 Å². The molecule has 0 fully saturated rings. The van der Waals surface area contributed by atoms with Gasteiger partial charge in [-0.15, -0.1) is 11.3 Å². The number of sulfone groups is 1. The van der Waals surface area contributed by atoms with Crippen LogP contribution in [0.3, 0.4) is 0 Å². The number of methoxy groups -OCH3 is 1. The van der Waals surface area contributed by atoms with Crippen molar-refractivity contribution in [2.24, 2.45) is 0 Å². The summed E-state index contributed by atoms with van der Waals surface area (Å²) in [5.41, 5.74) is 3.23. The van der Waals surface area contributed by atoms with Gasteiger partial charge >= 0.3 is 0 Å². The Balaban J connectivity index is 1.64. The first-order valence-electron chi connectivity index (χ1n) is 8.51. The highest BCUT2D eigenvalue weighted by Crippen LogP contribution is 2.28. The lowest BCUT2D eigenvalue weighted by Gasteiger charge is -2.06. The molecule has 1 heterocycles. The first kappa shape index (κ1) is 20.0. The van der Waals surface area contributed by atoms with Crippen molar-refractivity contribution in [3.8, 4) is 17.0 Å². The third-order valence-electron chi connectivity index (χ3n) is 4.02. The molecule has 0 aliphatic heterocycles. The number of hydrogen-bond donors (Lipinski definition) is 1. The van der Waals surface area contributed by atoms with Gasteiger partial charge in [-0.05, 0) is 36.2 Å². The van der Waals surface area contributed by atoms with E-state index in [4.69, 9.17) is 4.74 Å². The van der Waals surface area contributed by atoms with E-state index in [0.717, 1.165) is 16.9 Å². The summed E-state index contributed by atoms with van der Waals surface area (Å²) in [5.74, 6) is -0.563. The minimum atomic E-state index is -3.56. The summed E-state index contributed by atoms with van der Waals surface area (Å²) in [6, 6.07) is 14.5. The highest BCUT2D eigenvalue weighted by molar-refractivity contribution is 7.91. The molecule has 0 bridgehead atoms. The second kappa shape index (κ2) is 8.53. The molecule has 3 rings (SSSR count). The summed E-state index contributed by atoms with van der Waals surface area (Å²) in [7, 11) is -1.95. The van der Waals surface area contributed by atoms with Gasteiger partial charge in [0.05, 0.1) is 18.6 Å². The molecule has 146 valence electrons. The number of rotatable bonds is 7. The van der Waals surface area contributed by atoms with Crippen molar-refractivity contribution in [2.45, 2.75) is 12.7 Å². The molecular formula is C20H20N2O4S2. The number of ether oxygens (including phenoxy) is 1. The number of amides is 1. The van der Waals surface area contributed by atoms with Gasteiger partial charge in [0.15, 0.2) is 15.0 Å². The quantitative estimate of drug-likeness (QED) is 0.635. The molecule has 0 radical (unpaired) electrons. The lowest BCUT2D eigenvalue weighted by atomic mass is 10.1. The van der Waals surface area contributed by atoms with E-state index in [0.29, 0.717) is 16.4 Å². The zero-order valence-corrected chi connectivity index (χ0v) is 17.1. The number of hydrogen-bond acceptors (Lipinski definition) is 6. The Kier molecular flexibility index (Phi) is 6.11. The Morgan fingerprint density at radius 3 is 2.61 bits per heavy atom. The normalized spacial score (nSPS) is 11.2. The van der Waals surface area contributed by atoms with Crippen LogP contribution in [0.15, 0.2) is 53.9 Å². The number of carbonyl (C=O) groups excluding carboxylic acids is 1. The summed E-state index contributed by atoms with van der Waals surface area (Å²) in [4.78, 5) is 16.5. The van der Waals surface area contributed by atoms with Gasteiger partial charge in [0.2, 0.25) is 5.91 Å². The van der Waals surface area contributed by atoms with Gasteiger partial charge in [0.1, 0.15) is 11.5 Å². The van der Waals surface area contributed by atoms with Crippen molar-refractivity contribution in [1.82, 2.24) is 4.98 Å². The van der Waals surface area contributed by atoms with Gasteiger partial charge in [0.25, 0.3) is 0 Å². The maximum absolute atomic E-state index is 12.2. The fourth-order valence-electron chi connectivity index (χ4n) is 2.74. The number of aromatic nitrogens is 1. The molecule has 1 N–H and O–H groups in total. The van der Waals surface area contributed by atoms with Crippen LogP contribution < -0.4 is 10.1 Å². The van der Waals surface area contributed by atoms with Crippen LogP contribution >= 0.6 is 11.3 Å². The molecular weight excluding hydrogens is 396 g/mol. The number of carbonyl (C=O) groups is 1. The first-order valence-corrected chi connectivity index (χ1v) is 11.2. The van der Waals surface area contributed by atoms with Crippen molar-refractivity contribution in [1.29, 1.82) is 0 Å². The highest BCUT2D eigenvalue weighted by atomic mass is 32.2. The van der Waals surface area contributed by atoms with Crippen LogP contribution in [0.5, 0.6) is 5.75 Å². The predicted molar refractivity (Wildman–Crippen MR) is 111 cm³/mol. The monoisotopic (exact) mass is 416 g/mol. The summed E-state index contributed by atoms with van der Waals surface area (Å²) >= 11 is 1.25. The number of anilines is 1. The zero-order valence-electron chi connectivity index (χ0n) is 15.5. The number of aryl methyl sites for hydroxylation is 1. The fraction of sp³-hybridized carbons (Fsp3) is 0.200. The maximum atomic E-state index is 12.2. The Bertz CT molecular complexity index is 1080. The second-order valence-electron chi connectivity index (χ2n) is 6.29. The van der Waals surface area contributed by atoms with Crippen LogP contribution in [0.25, 0.3) is 11.3 Å². The first-order chi connectivity index (χ1) is 13.4. The molecule has 0 spiro atoms. The van der Waals surface area contributed by atoms with Crippen LogP contribution in [0.2, 0.25) is 0 Å². The number of nitrogens with zero attached hydrogens (tertiary/aromatic N) is 1. The minimum absolute atomic E-state index is 0.171. The Morgan fingerprint density at radius 1 is 1.18 bits per heavy atom. The molecule has 0 atom stereocenters. The van der Waals surface area contributed by atoms with E-state index in [1.165, 1.54) is 11.3 Å². The van der Waals surface area contributed by atoms with Crippen LogP contribution in [0.1, 0.15) is 11.1 Å². The van der Waals surface area contributed by atoms with Crippen molar-refractivity contribution in [2.75, 3.05) is 18.2 Å².